The predicted molar refractivity (Wildman–Crippen MR) is 106 cm³/mol. The number of hydrogen-bond acceptors (Lipinski definition) is 3. The zero-order valence-electron chi connectivity index (χ0n) is 15.6. The van der Waals surface area contributed by atoms with E-state index < -0.39 is 0 Å². The van der Waals surface area contributed by atoms with E-state index in [1.165, 1.54) is 0 Å². The first kappa shape index (κ1) is 18.9. The van der Waals surface area contributed by atoms with Crippen LogP contribution in [-0.2, 0) is 6.42 Å². The van der Waals surface area contributed by atoms with Crippen molar-refractivity contribution in [3.8, 4) is 0 Å². The average molecular weight is 366 g/mol. The van der Waals surface area contributed by atoms with Crippen LogP contribution in [0.5, 0.6) is 0 Å². The molecule has 1 aromatic heterocycles. The van der Waals surface area contributed by atoms with E-state index in [-0.39, 0.29) is 11.9 Å². The first-order valence-electron chi connectivity index (χ1n) is 9.46. The minimum atomic E-state index is -0.268. The highest BCUT2D eigenvalue weighted by molar-refractivity contribution is 5.95. The molecule has 1 saturated heterocycles. The van der Waals surface area contributed by atoms with Crippen molar-refractivity contribution in [2.45, 2.75) is 26.2 Å². The van der Waals surface area contributed by atoms with Crippen LogP contribution < -0.4 is 10.6 Å². The lowest BCUT2D eigenvalue weighted by Gasteiger charge is -2.30. The predicted octanol–water partition coefficient (Wildman–Crippen LogP) is 3.32. The summed E-state index contributed by atoms with van der Waals surface area (Å²) < 4.78 is 0. The molecule has 1 aromatic carbocycles. The summed E-state index contributed by atoms with van der Waals surface area (Å²) in [5.74, 6) is 0.755. The Morgan fingerprint density at radius 2 is 1.85 bits per heavy atom. The Labute approximate surface area is 160 Å². The molecule has 2 aromatic rings. The molecule has 2 N–H and O–H groups in total. The van der Waals surface area contributed by atoms with Gasteiger partial charge in [0.25, 0.3) is 5.91 Å². The van der Waals surface area contributed by atoms with Gasteiger partial charge in [0.1, 0.15) is 0 Å². The van der Waals surface area contributed by atoms with Crippen LogP contribution >= 0.6 is 0 Å². The van der Waals surface area contributed by atoms with E-state index in [0.717, 1.165) is 31.6 Å². The number of anilines is 1. The number of carbonyl (C=O) groups is 2. The first-order valence-corrected chi connectivity index (χ1v) is 9.46. The van der Waals surface area contributed by atoms with Gasteiger partial charge in [-0.15, -0.1) is 0 Å². The number of urea groups is 1. The molecule has 2 heterocycles. The molecule has 3 rings (SSSR count). The highest BCUT2D eigenvalue weighted by Crippen LogP contribution is 2.19. The number of likely N-dealkylation sites (tertiary alicyclic amines) is 1. The molecule has 1 aliphatic rings. The maximum atomic E-state index is 12.5. The van der Waals surface area contributed by atoms with E-state index in [1.54, 1.807) is 30.5 Å². The number of hydrogen-bond donors (Lipinski definition) is 2. The van der Waals surface area contributed by atoms with Crippen LogP contribution in [0.1, 0.15) is 35.8 Å². The average Bonchev–Trinajstić information content (AvgIpc) is 2.69. The first-order chi connectivity index (χ1) is 13.1. The lowest BCUT2D eigenvalue weighted by molar-refractivity contribution is 0.0697. The fraction of sp³-hybridized carbons (Fsp3) is 0.381. The zero-order valence-corrected chi connectivity index (χ0v) is 15.6. The summed E-state index contributed by atoms with van der Waals surface area (Å²) in [4.78, 5) is 30.6. The number of aromatic nitrogens is 1. The SMILES string of the molecule is CC1CCN(C(=O)c2ccc(NC(=O)NCCc3ccccn3)cc2)CC1. The van der Waals surface area contributed by atoms with Gasteiger partial charge in [-0.25, -0.2) is 4.79 Å². The summed E-state index contributed by atoms with van der Waals surface area (Å²) in [7, 11) is 0. The Morgan fingerprint density at radius 1 is 1.11 bits per heavy atom. The number of piperidine rings is 1. The molecule has 27 heavy (non-hydrogen) atoms. The van der Waals surface area contributed by atoms with Gasteiger partial charge in [0.05, 0.1) is 0 Å². The van der Waals surface area contributed by atoms with Crippen LogP contribution in [0.4, 0.5) is 10.5 Å². The third-order valence-corrected chi connectivity index (χ3v) is 4.85. The monoisotopic (exact) mass is 366 g/mol. The summed E-state index contributed by atoms with van der Waals surface area (Å²) in [6.45, 7) is 4.37. The highest BCUT2D eigenvalue weighted by Gasteiger charge is 2.21. The number of rotatable bonds is 5. The molecule has 3 amide bonds. The van der Waals surface area contributed by atoms with Crippen molar-refractivity contribution in [1.29, 1.82) is 0 Å². The molecule has 6 nitrogen and oxygen atoms in total. The molecule has 1 aliphatic heterocycles. The van der Waals surface area contributed by atoms with Gasteiger partial charge in [0, 0.05) is 49.2 Å². The maximum Gasteiger partial charge on any atom is 0.319 e. The molecule has 0 aliphatic carbocycles. The number of nitrogens with one attached hydrogen (secondary N) is 2. The number of benzene rings is 1. The Balaban J connectivity index is 1.45. The minimum absolute atomic E-state index is 0.0632. The number of amides is 3. The van der Waals surface area contributed by atoms with Gasteiger partial charge in [-0.05, 0) is 55.2 Å². The Morgan fingerprint density at radius 3 is 2.52 bits per heavy atom. The van der Waals surface area contributed by atoms with Gasteiger partial charge < -0.3 is 15.5 Å². The smallest absolute Gasteiger partial charge is 0.319 e. The normalized spacial score (nSPS) is 14.6. The van der Waals surface area contributed by atoms with Gasteiger partial charge in [-0.1, -0.05) is 13.0 Å². The maximum absolute atomic E-state index is 12.5. The Kier molecular flexibility index (Phi) is 6.41. The third kappa shape index (κ3) is 5.54. The molecule has 0 saturated carbocycles. The molecule has 0 atom stereocenters. The summed E-state index contributed by atoms with van der Waals surface area (Å²) >= 11 is 0. The standard InChI is InChI=1S/C21H26N4O2/c1-16-10-14-25(15-11-16)20(26)17-5-7-19(8-6-17)24-21(27)23-13-9-18-4-2-3-12-22-18/h2-8,12,16H,9-11,13-15H2,1H3,(H2,23,24,27). The lowest BCUT2D eigenvalue weighted by atomic mass is 9.98. The quantitative estimate of drug-likeness (QED) is 0.852. The Hall–Kier alpha value is -2.89. The van der Waals surface area contributed by atoms with E-state index in [1.807, 2.05) is 23.1 Å². The highest BCUT2D eigenvalue weighted by atomic mass is 16.2. The van der Waals surface area contributed by atoms with Crippen LogP contribution in [0.2, 0.25) is 0 Å². The molecule has 1 fully saturated rings. The van der Waals surface area contributed by atoms with Crippen LogP contribution in [0.3, 0.4) is 0 Å². The molecular formula is C21H26N4O2. The molecule has 142 valence electrons. The van der Waals surface area contributed by atoms with E-state index in [2.05, 4.69) is 22.5 Å². The lowest BCUT2D eigenvalue weighted by Crippen LogP contribution is -2.37. The van der Waals surface area contributed by atoms with Crippen molar-refractivity contribution in [2.24, 2.45) is 5.92 Å². The van der Waals surface area contributed by atoms with Crippen LogP contribution in [-0.4, -0.2) is 41.5 Å². The van der Waals surface area contributed by atoms with Crippen LogP contribution in [0, 0.1) is 5.92 Å². The molecular weight excluding hydrogens is 340 g/mol. The van der Waals surface area contributed by atoms with Crippen molar-refractivity contribution in [1.82, 2.24) is 15.2 Å². The number of pyridine rings is 1. The largest absolute Gasteiger partial charge is 0.339 e. The summed E-state index contributed by atoms with van der Waals surface area (Å²) in [6.07, 6.45) is 4.53. The van der Waals surface area contributed by atoms with Crippen LogP contribution in [0.25, 0.3) is 0 Å². The van der Waals surface area contributed by atoms with Gasteiger partial charge in [0.15, 0.2) is 0 Å². The fourth-order valence-corrected chi connectivity index (χ4v) is 3.12. The van der Waals surface area contributed by atoms with Crippen LogP contribution in [0.15, 0.2) is 48.7 Å². The molecule has 0 radical (unpaired) electrons. The molecule has 0 bridgehead atoms. The minimum Gasteiger partial charge on any atom is -0.339 e. The summed E-state index contributed by atoms with van der Waals surface area (Å²) in [5.41, 5.74) is 2.26. The van der Waals surface area contributed by atoms with Crippen molar-refractivity contribution < 1.29 is 9.59 Å². The topological polar surface area (TPSA) is 74.3 Å². The van der Waals surface area contributed by atoms with E-state index in [0.29, 0.717) is 30.1 Å². The molecule has 0 unspecified atom stereocenters. The van der Waals surface area contributed by atoms with Gasteiger partial charge in [-0.2, -0.15) is 0 Å². The zero-order chi connectivity index (χ0) is 19.1. The van der Waals surface area contributed by atoms with Crippen molar-refractivity contribution in [3.63, 3.8) is 0 Å². The van der Waals surface area contributed by atoms with Gasteiger partial charge in [-0.3, -0.25) is 9.78 Å². The summed E-state index contributed by atoms with van der Waals surface area (Å²) in [6, 6.07) is 12.5. The molecule has 6 heteroatoms. The molecule has 0 spiro atoms. The second-order valence-corrected chi connectivity index (χ2v) is 7.00. The second-order valence-electron chi connectivity index (χ2n) is 7.00. The van der Waals surface area contributed by atoms with Crippen molar-refractivity contribution in [2.75, 3.05) is 25.0 Å². The summed E-state index contributed by atoms with van der Waals surface area (Å²) in [5, 5.41) is 5.59. The Bertz CT molecular complexity index is 754. The fourth-order valence-electron chi connectivity index (χ4n) is 3.12. The van der Waals surface area contributed by atoms with Crippen molar-refractivity contribution in [3.05, 3.63) is 59.9 Å². The van der Waals surface area contributed by atoms with E-state index >= 15 is 0 Å². The number of nitrogens with zero attached hydrogens (tertiary/aromatic N) is 2. The number of carbonyl (C=O) groups excluding carboxylic acids is 2. The van der Waals surface area contributed by atoms with Crippen molar-refractivity contribution >= 4 is 17.6 Å². The second kappa shape index (κ2) is 9.16. The van der Waals surface area contributed by atoms with E-state index in [4.69, 9.17) is 0 Å². The van der Waals surface area contributed by atoms with Gasteiger partial charge in [0.2, 0.25) is 0 Å². The van der Waals surface area contributed by atoms with Gasteiger partial charge >= 0.3 is 6.03 Å². The third-order valence-electron chi connectivity index (χ3n) is 4.85. The van der Waals surface area contributed by atoms with E-state index in [9.17, 15) is 9.59 Å².